The van der Waals surface area contributed by atoms with E-state index in [4.69, 9.17) is 0 Å². The van der Waals surface area contributed by atoms with Crippen LogP contribution in [0, 0.1) is 0 Å². The monoisotopic (exact) mass is 384 g/mol. The summed E-state index contributed by atoms with van der Waals surface area (Å²) >= 11 is 0. The average molecular weight is 385 g/mol. The summed E-state index contributed by atoms with van der Waals surface area (Å²) in [7, 11) is -2.07. The summed E-state index contributed by atoms with van der Waals surface area (Å²) < 4.78 is 25.7. The van der Waals surface area contributed by atoms with Crippen LogP contribution in [0.1, 0.15) is 30.4 Å². The van der Waals surface area contributed by atoms with Gasteiger partial charge in [-0.3, -0.25) is 4.79 Å². The molecule has 0 heterocycles. The Hall–Kier alpha value is -2.44. The fraction of sp³-hybridized carbons (Fsp3) is 0.286. The highest BCUT2D eigenvalue weighted by molar-refractivity contribution is 7.89. The van der Waals surface area contributed by atoms with Gasteiger partial charge in [0.25, 0.3) is 0 Å². The van der Waals surface area contributed by atoms with E-state index in [0.717, 1.165) is 18.4 Å². The second-order valence-corrected chi connectivity index (χ2v) is 8.71. The Morgan fingerprint density at radius 1 is 1.07 bits per heavy atom. The lowest BCUT2D eigenvalue weighted by Crippen LogP contribution is -2.45. The Morgan fingerprint density at radius 2 is 1.74 bits per heavy atom. The Labute approximate surface area is 160 Å². The molecular formula is C21H24N2O3S. The van der Waals surface area contributed by atoms with Crippen molar-refractivity contribution in [2.75, 3.05) is 13.6 Å². The highest BCUT2D eigenvalue weighted by Crippen LogP contribution is 2.43. The Kier molecular flexibility index (Phi) is 5.77. The maximum Gasteiger partial charge on any atom is 0.244 e. The maximum atomic E-state index is 12.2. The van der Waals surface area contributed by atoms with Crippen LogP contribution >= 0.6 is 0 Å². The number of hydrogen-bond acceptors (Lipinski definition) is 3. The van der Waals surface area contributed by atoms with Gasteiger partial charge in [0.05, 0.1) is 4.90 Å². The van der Waals surface area contributed by atoms with Gasteiger partial charge in [-0.1, -0.05) is 48.9 Å². The molecule has 1 aliphatic rings. The van der Waals surface area contributed by atoms with E-state index in [-0.39, 0.29) is 16.2 Å². The molecule has 2 aromatic rings. The van der Waals surface area contributed by atoms with Crippen molar-refractivity contribution in [2.45, 2.75) is 29.6 Å². The van der Waals surface area contributed by atoms with Crippen molar-refractivity contribution in [1.82, 2.24) is 10.0 Å². The van der Waals surface area contributed by atoms with E-state index >= 15 is 0 Å². The van der Waals surface area contributed by atoms with Crippen LogP contribution < -0.4 is 10.0 Å². The van der Waals surface area contributed by atoms with Crippen LogP contribution in [0.5, 0.6) is 0 Å². The second kappa shape index (κ2) is 8.06. The minimum absolute atomic E-state index is 0.0495. The lowest BCUT2D eigenvalue weighted by Gasteiger charge is -2.42. The quantitative estimate of drug-likeness (QED) is 0.721. The van der Waals surface area contributed by atoms with Crippen molar-refractivity contribution in [3.8, 4) is 0 Å². The molecule has 1 amide bonds. The molecule has 27 heavy (non-hydrogen) atoms. The zero-order valence-electron chi connectivity index (χ0n) is 15.3. The minimum atomic E-state index is -3.45. The fourth-order valence-corrected chi connectivity index (χ4v) is 4.06. The number of rotatable bonds is 7. The van der Waals surface area contributed by atoms with E-state index < -0.39 is 10.0 Å². The zero-order valence-corrected chi connectivity index (χ0v) is 16.1. The lowest BCUT2D eigenvalue weighted by atomic mass is 9.64. The van der Waals surface area contributed by atoms with Crippen LogP contribution in [0.3, 0.4) is 0 Å². The Morgan fingerprint density at radius 3 is 2.30 bits per heavy atom. The van der Waals surface area contributed by atoms with Crippen molar-refractivity contribution in [2.24, 2.45) is 0 Å². The molecule has 1 aliphatic carbocycles. The van der Waals surface area contributed by atoms with E-state index in [9.17, 15) is 13.2 Å². The molecule has 0 unspecified atom stereocenters. The normalized spacial score (nSPS) is 16.0. The Bertz CT molecular complexity index is 916. The molecule has 6 heteroatoms. The molecule has 0 radical (unpaired) electrons. The molecule has 0 bridgehead atoms. The smallest absolute Gasteiger partial charge is 0.244 e. The van der Waals surface area contributed by atoms with E-state index in [1.54, 1.807) is 18.2 Å². The standard InChI is InChI=1S/C21H24N2O3S/c1-22-27(25,26)19-11-8-17(9-12-19)10-13-20(24)23-16-21(14-5-15-21)18-6-3-2-4-7-18/h2-4,6-13,22H,5,14-16H2,1H3,(H,23,24)/b13-10+. The number of benzene rings is 2. The SMILES string of the molecule is CNS(=O)(=O)c1ccc(/C=C/C(=O)NCC2(c3ccccc3)CCC2)cc1. The number of amides is 1. The van der Waals surface area contributed by atoms with E-state index in [1.165, 1.54) is 37.2 Å². The highest BCUT2D eigenvalue weighted by Gasteiger charge is 2.38. The molecule has 0 saturated heterocycles. The highest BCUT2D eigenvalue weighted by atomic mass is 32.2. The van der Waals surface area contributed by atoms with Crippen LogP contribution in [-0.2, 0) is 20.2 Å². The molecule has 2 N–H and O–H groups in total. The molecule has 2 aromatic carbocycles. The van der Waals surface area contributed by atoms with Gasteiger partial charge in [0.2, 0.25) is 15.9 Å². The number of carbonyl (C=O) groups is 1. The third kappa shape index (κ3) is 4.46. The van der Waals surface area contributed by atoms with Gasteiger partial charge in [-0.05, 0) is 49.2 Å². The van der Waals surface area contributed by atoms with Crippen LogP contribution in [0.2, 0.25) is 0 Å². The van der Waals surface area contributed by atoms with Gasteiger partial charge in [0, 0.05) is 18.0 Å². The van der Waals surface area contributed by atoms with Gasteiger partial charge in [0.1, 0.15) is 0 Å². The van der Waals surface area contributed by atoms with Crippen molar-refractivity contribution in [1.29, 1.82) is 0 Å². The van der Waals surface area contributed by atoms with E-state index in [2.05, 4.69) is 22.2 Å². The molecule has 1 fully saturated rings. The average Bonchev–Trinajstić information content (AvgIpc) is 2.66. The third-order valence-electron chi connectivity index (χ3n) is 5.18. The molecule has 0 atom stereocenters. The first-order chi connectivity index (χ1) is 13.0. The minimum Gasteiger partial charge on any atom is -0.352 e. The van der Waals surface area contributed by atoms with Crippen molar-refractivity contribution in [3.63, 3.8) is 0 Å². The molecular weight excluding hydrogens is 360 g/mol. The summed E-state index contributed by atoms with van der Waals surface area (Å²) in [5.74, 6) is -0.149. The predicted molar refractivity (Wildman–Crippen MR) is 107 cm³/mol. The van der Waals surface area contributed by atoms with E-state index in [1.807, 2.05) is 18.2 Å². The topological polar surface area (TPSA) is 75.3 Å². The summed E-state index contributed by atoms with van der Waals surface area (Å²) in [6.07, 6.45) is 6.52. The van der Waals surface area contributed by atoms with Crippen molar-refractivity contribution in [3.05, 3.63) is 71.8 Å². The first kappa shape index (κ1) is 19.3. The molecule has 0 aliphatic heterocycles. The van der Waals surface area contributed by atoms with Crippen molar-refractivity contribution < 1.29 is 13.2 Å². The van der Waals surface area contributed by atoms with Gasteiger partial charge in [-0.15, -0.1) is 0 Å². The summed E-state index contributed by atoms with van der Waals surface area (Å²) in [6, 6.07) is 16.7. The molecule has 3 rings (SSSR count). The van der Waals surface area contributed by atoms with Gasteiger partial charge in [-0.25, -0.2) is 13.1 Å². The molecule has 1 saturated carbocycles. The third-order valence-corrected chi connectivity index (χ3v) is 6.61. The lowest BCUT2D eigenvalue weighted by molar-refractivity contribution is -0.116. The van der Waals surface area contributed by atoms with Gasteiger partial charge in [0.15, 0.2) is 0 Å². The maximum absolute atomic E-state index is 12.2. The van der Waals surface area contributed by atoms with Crippen LogP contribution in [-0.4, -0.2) is 27.9 Å². The molecule has 0 spiro atoms. The first-order valence-corrected chi connectivity index (χ1v) is 10.5. The summed E-state index contributed by atoms with van der Waals surface area (Å²) in [4.78, 5) is 12.4. The van der Waals surface area contributed by atoms with Gasteiger partial charge in [-0.2, -0.15) is 0 Å². The number of nitrogens with one attached hydrogen (secondary N) is 2. The van der Waals surface area contributed by atoms with Crippen LogP contribution in [0.4, 0.5) is 0 Å². The zero-order chi connectivity index (χ0) is 19.3. The number of carbonyl (C=O) groups excluding carboxylic acids is 1. The first-order valence-electron chi connectivity index (χ1n) is 9.00. The molecule has 142 valence electrons. The number of sulfonamides is 1. The number of hydrogen-bond donors (Lipinski definition) is 2. The summed E-state index contributed by atoms with van der Waals surface area (Å²) in [6.45, 7) is 0.625. The Balaban J connectivity index is 1.59. The van der Waals surface area contributed by atoms with Gasteiger partial charge < -0.3 is 5.32 Å². The fourth-order valence-electron chi connectivity index (χ4n) is 3.33. The molecule has 5 nitrogen and oxygen atoms in total. The van der Waals surface area contributed by atoms with Crippen LogP contribution in [0.15, 0.2) is 65.6 Å². The summed E-state index contributed by atoms with van der Waals surface area (Å²) in [5.41, 5.74) is 2.09. The second-order valence-electron chi connectivity index (χ2n) is 6.83. The van der Waals surface area contributed by atoms with Crippen molar-refractivity contribution >= 4 is 22.0 Å². The van der Waals surface area contributed by atoms with Crippen LogP contribution in [0.25, 0.3) is 6.08 Å². The largest absolute Gasteiger partial charge is 0.352 e. The predicted octanol–water partition coefficient (Wildman–Crippen LogP) is 2.85. The molecule has 0 aromatic heterocycles. The van der Waals surface area contributed by atoms with E-state index in [0.29, 0.717) is 6.54 Å². The summed E-state index contributed by atoms with van der Waals surface area (Å²) in [5, 5.41) is 3.01. The van der Waals surface area contributed by atoms with Gasteiger partial charge >= 0.3 is 0 Å².